The van der Waals surface area contributed by atoms with E-state index in [2.05, 4.69) is 22.6 Å². The summed E-state index contributed by atoms with van der Waals surface area (Å²) in [6, 6.07) is 3.76. The van der Waals surface area contributed by atoms with Crippen molar-refractivity contribution in [1.82, 2.24) is 0 Å². The summed E-state index contributed by atoms with van der Waals surface area (Å²) in [5.41, 5.74) is 0.567. The van der Waals surface area contributed by atoms with Gasteiger partial charge in [-0.25, -0.2) is 0 Å². The molecule has 0 unspecified atom stereocenters. The minimum absolute atomic E-state index is 0.562. The first-order valence-corrected chi connectivity index (χ1v) is 5.88. The second kappa shape index (κ2) is 3.55. The highest BCUT2D eigenvalue weighted by Crippen LogP contribution is 2.33. The third-order valence-electron chi connectivity index (χ3n) is 1.78. The van der Waals surface area contributed by atoms with Crippen LogP contribution in [0.1, 0.15) is 10.4 Å². The van der Waals surface area contributed by atoms with Crippen LogP contribution in [0.2, 0.25) is 5.02 Å². The fourth-order valence-electron chi connectivity index (χ4n) is 1.17. The summed E-state index contributed by atoms with van der Waals surface area (Å²) in [5.74, 6) is 0. The molecular weight excluding hydrogens is 319 g/mol. The Morgan fingerprint density at radius 2 is 2.31 bits per heavy atom. The van der Waals surface area contributed by atoms with Gasteiger partial charge in [0.2, 0.25) is 0 Å². The second-order valence-corrected chi connectivity index (χ2v) is 5.00. The number of rotatable bonds is 1. The van der Waals surface area contributed by atoms with E-state index >= 15 is 0 Å². The molecule has 0 spiro atoms. The molecule has 0 aliphatic carbocycles. The number of halogens is 2. The Morgan fingerprint density at radius 1 is 1.54 bits per heavy atom. The molecule has 0 radical (unpaired) electrons. The molecule has 0 aliphatic rings. The zero-order chi connectivity index (χ0) is 9.42. The van der Waals surface area contributed by atoms with Crippen LogP contribution < -0.4 is 0 Å². The Balaban J connectivity index is 2.93. The van der Waals surface area contributed by atoms with Crippen LogP contribution in [-0.4, -0.2) is 6.29 Å². The zero-order valence-corrected chi connectivity index (χ0v) is 10.1. The van der Waals surface area contributed by atoms with E-state index in [1.165, 1.54) is 0 Å². The molecule has 1 nitrogen and oxygen atoms in total. The van der Waals surface area contributed by atoms with Gasteiger partial charge in [-0.1, -0.05) is 11.6 Å². The van der Waals surface area contributed by atoms with Crippen molar-refractivity contribution in [2.75, 3.05) is 0 Å². The average molecular weight is 323 g/mol. The van der Waals surface area contributed by atoms with E-state index < -0.39 is 0 Å². The van der Waals surface area contributed by atoms with Crippen LogP contribution in [0, 0.1) is 3.57 Å². The molecule has 0 saturated heterocycles. The van der Waals surface area contributed by atoms with Gasteiger partial charge < -0.3 is 0 Å². The van der Waals surface area contributed by atoms with Crippen molar-refractivity contribution in [3.8, 4) is 0 Å². The van der Waals surface area contributed by atoms with Crippen LogP contribution in [0.25, 0.3) is 10.1 Å². The molecule has 4 heteroatoms. The molecule has 2 rings (SSSR count). The number of carbonyl (C=O) groups excluding carboxylic acids is 1. The summed E-state index contributed by atoms with van der Waals surface area (Å²) in [4.78, 5) is 10.7. The smallest absolute Gasteiger partial charge is 0.151 e. The van der Waals surface area contributed by atoms with Crippen LogP contribution in [-0.2, 0) is 0 Å². The van der Waals surface area contributed by atoms with Crippen LogP contribution in [0.5, 0.6) is 0 Å². The van der Waals surface area contributed by atoms with E-state index in [1.54, 1.807) is 11.3 Å². The van der Waals surface area contributed by atoms with Gasteiger partial charge in [-0.15, -0.1) is 11.3 Å². The number of hydrogen-bond acceptors (Lipinski definition) is 2. The molecule has 1 aromatic heterocycles. The molecular formula is C9H4ClIOS. The van der Waals surface area contributed by atoms with E-state index in [1.807, 2.05) is 17.5 Å². The number of fused-ring (bicyclic) bond motifs is 1. The highest BCUT2D eigenvalue weighted by molar-refractivity contribution is 14.1. The van der Waals surface area contributed by atoms with Crippen LogP contribution in [0.4, 0.5) is 0 Å². The molecule has 0 N–H and O–H groups in total. The zero-order valence-electron chi connectivity index (χ0n) is 6.38. The highest BCUT2D eigenvalue weighted by Gasteiger charge is 2.09. The molecule has 0 fully saturated rings. The van der Waals surface area contributed by atoms with Crippen LogP contribution >= 0.6 is 45.5 Å². The summed E-state index contributed by atoms with van der Waals surface area (Å²) < 4.78 is 2.23. The predicted octanol–water partition coefficient (Wildman–Crippen LogP) is 3.97. The summed E-state index contributed by atoms with van der Waals surface area (Å²) in [6.07, 6.45) is 0.793. The molecule has 1 aromatic carbocycles. The lowest BCUT2D eigenvalue weighted by Crippen LogP contribution is -1.84. The minimum atomic E-state index is 0.562. The first kappa shape index (κ1) is 9.43. The molecule has 0 atom stereocenters. The third kappa shape index (κ3) is 1.49. The number of carbonyl (C=O) groups is 1. The fourth-order valence-corrected chi connectivity index (χ4v) is 3.30. The maximum atomic E-state index is 10.7. The minimum Gasteiger partial charge on any atom is -0.298 e. The first-order valence-electron chi connectivity index (χ1n) is 3.54. The fraction of sp³-hybridized carbons (Fsp3) is 0. The molecule has 66 valence electrons. The molecule has 0 bridgehead atoms. The van der Waals surface area contributed by atoms with Crippen molar-refractivity contribution in [3.63, 3.8) is 0 Å². The number of thiophene rings is 1. The second-order valence-electron chi connectivity index (χ2n) is 2.54. The quantitative estimate of drug-likeness (QED) is 0.573. The molecule has 0 saturated carbocycles. The summed E-state index contributed by atoms with van der Waals surface area (Å²) in [7, 11) is 0. The van der Waals surface area contributed by atoms with Gasteiger partial charge in [0.25, 0.3) is 0 Å². The normalized spacial score (nSPS) is 10.6. The van der Waals surface area contributed by atoms with Crippen molar-refractivity contribution >= 4 is 61.9 Å². The SMILES string of the molecule is O=Cc1cc(I)c2sccc2c1Cl. The molecule has 0 amide bonds. The van der Waals surface area contributed by atoms with E-state index in [0.717, 1.165) is 19.9 Å². The van der Waals surface area contributed by atoms with Crippen molar-refractivity contribution in [2.45, 2.75) is 0 Å². The highest BCUT2D eigenvalue weighted by atomic mass is 127. The Morgan fingerprint density at radius 3 is 3.00 bits per heavy atom. The number of benzene rings is 1. The van der Waals surface area contributed by atoms with E-state index in [4.69, 9.17) is 11.6 Å². The molecule has 0 aliphatic heterocycles. The maximum Gasteiger partial charge on any atom is 0.151 e. The van der Waals surface area contributed by atoms with Crippen molar-refractivity contribution < 1.29 is 4.79 Å². The number of aldehydes is 1. The Hall–Kier alpha value is -0.130. The Kier molecular flexibility index (Phi) is 2.58. The monoisotopic (exact) mass is 322 g/mol. The van der Waals surface area contributed by atoms with Gasteiger partial charge in [-0.3, -0.25) is 4.79 Å². The summed E-state index contributed by atoms with van der Waals surface area (Å²) in [5, 5.41) is 3.51. The Labute approximate surface area is 97.8 Å². The van der Waals surface area contributed by atoms with E-state index in [9.17, 15) is 4.79 Å². The van der Waals surface area contributed by atoms with Gasteiger partial charge in [0.15, 0.2) is 6.29 Å². The molecule has 2 aromatic rings. The predicted molar refractivity (Wildman–Crippen MR) is 64.9 cm³/mol. The summed E-state index contributed by atoms with van der Waals surface area (Å²) in [6.45, 7) is 0. The van der Waals surface area contributed by atoms with Crippen molar-refractivity contribution in [3.05, 3.63) is 31.7 Å². The average Bonchev–Trinajstić information content (AvgIpc) is 2.60. The van der Waals surface area contributed by atoms with Gasteiger partial charge >= 0.3 is 0 Å². The van der Waals surface area contributed by atoms with E-state index in [-0.39, 0.29) is 0 Å². The lowest BCUT2D eigenvalue weighted by molar-refractivity contribution is 0.112. The number of hydrogen-bond donors (Lipinski definition) is 0. The van der Waals surface area contributed by atoms with Crippen LogP contribution in [0.3, 0.4) is 0 Å². The van der Waals surface area contributed by atoms with Gasteiger partial charge in [-0.2, -0.15) is 0 Å². The first-order chi connectivity index (χ1) is 6.24. The van der Waals surface area contributed by atoms with Gasteiger partial charge in [0.05, 0.1) is 5.02 Å². The largest absolute Gasteiger partial charge is 0.298 e. The topological polar surface area (TPSA) is 17.1 Å². The molecule has 13 heavy (non-hydrogen) atoms. The van der Waals surface area contributed by atoms with Gasteiger partial charge in [-0.05, 0) is 40.1 Å². The maximum absolute atomic E-state index is 10.7. The lowest BCUT2D eigenvalue weighted by atomic mass is 10.2. The van der Waals surface area contributed by atoms with E-state index in [0.29, 0.717) is 10.6 Å². The van der Waals surface area contributed by atoms with Crippen molar-refractivity contribution in [2.24, 2.45) is 0 Å². The summed E-state index contributed by atoms with van der Waals surface area (Å²) >= 11 is 9.88. The standard InChI is InChI=1S/C9H4ClIOS/c10-8-5(4-12)3-7(11)9-6(8)1-2-13-9/h1-4H. The lowest BCUT2D eigenvalue weighted by Gasteiger charge is -2.00. The Bertz CT molecular complexity index is 478. The van der Waals surface area contributed by atoms with Crippen LogP contribution in [0.15, 0.2) is 17.5 Å². The van der Waals surface area contributed by atoms with Gasteiger partial charge in [0, 0.05) is 19.2 Å². The van der Waals surface area contributed by atoms with Gasteiger partial charge in [0.1, 0.15) is 0 Å². The van der Waals surface area contributed by atoms with Crippen molar-refractivity contribution in [1.29, 1.82) is 0 Å². The molecule has 1 heterocycles. The third-order valence-corrected chi connectivity index (χ3v) is 4.37.